The van der Waals surface area contributed by atoms with E-state index in [1.165, 1.54) is 0 Å². The van der Waals surface area contributed by atoms with Crippen LogP contribution in [0.3, 0.4) is 0 Å². The van der Waals surface area contributed by atoms with Gasteiger partial charge < -0.3 is 10.1 Å². The minimum atomic E-state index is -0.366. The third kappa shape index (κ3) is 2.73. The fourth-order valence-electron chi connectivity index (χ4n) is 1.03. The Hall–Kier alpha value is -1.03. The highest BCUT2D eigenvalue weighted by Gasteiger charge is 2.23. The Morgan fingerprint density at radius 3 is 2.57 bits per heavy atom. The van der Waals surface area contributed by atoms with Gasteiger partial charge in [-0.2, -0.15) is 0 Å². The van der Waals surface area contributed by atoms with Gasteiger partial charge in [0.25, 0.3) is 0 Å². The molecule has 2 rings (SSSR count). The molecule has 74 valence electrons. The molecular weight excluding hydrogens is 246 g/mol. The van der Waals surface area contributed by atoms with Gasteiger partial charge in [0.05, 0.1) is 0 Å². The number of carbonyl (C=O) groups excluding carboxylic acids is 1. The van der Waals surface area contributed by atoms with Crippen LogP contribution in [-0.4, -0.2) is 12.1 Å². The topological polar surface area (TPSA) is 38.3 Å². The number of halogens is 1. The molecular formula is C10H10BrNO2. The molecule has 1 fully saturated rings. The molecule has 1 aromatic rings. The summed E-state index contributed by atoms with van der Waals surface area (Å²) in [6, 6.07) is 7.49. The molecule has 1 aromatic carbocycles. The van der Waals surface area contributed by atoms with Gasteiger partial charge in [0, 0.05) is 10.5 Å². The van der Waals surface area contributed by atoms with Crippen molar-refractivity contribution in [3.8, 4) is 5.75 Å². The van der Waals surface area contributed by atoms with Crippen LogP contribution in [0.5, 0.6) is 5.75 Å². The van der Waals surface area contributed by atoms with E-state index in [0.717, 1.165) is 17.3 Å². The average molecular weight is 256 g/mol. The third-order valence-electron chi connectivity index (χ3n) is 1.92. The summed E-state index contributed by atoms with van der Waals surface area (Å²) in [7, 11) is 0. The smallest absolute Gasteiger partial charge is 0.410 e. The van der Waals surface area contributed by atoms with E-state index >= 15 is 0 Å². The lowest BCUT2D eigenvalue weighted by molar-refractivity contribution is 0.200. The molecule has 0 atom stereocenters. The predicted octanol–water partition coefficient (Wildman–Crippen LogP) is 2.70. The summed E-state index contributed by atoms with van der Waals surface area (Å²) in [5, 5.41) is 2.74. The molecule has 0 heterocycles. The lowest BCUT2D eigenvalue weighted by atomic mass is 10.3. The lowest BCUT2D eigenvalue weighted by Gasteiger charge is -2.04. The van der Waals surface area contributed by atoms with Crippen LogP contribution >= 0.6 is 15.9 Å². The molecule has 0 spiro atoms. The molecule has 1 N–H and O–H groups in total. The third-order valence-corrected chi connectivity index (χ3v) is 2.45. The van der Waals surface area contributed by atoms with Gasteiger partial charge in [0.15, 0.2) is 0 Å². The molecule has 3 nitrogen and oxygen atoms in total. The summed E-state index contributed by atoms with van der Waals surface area (Å²) in [4.78, 5) is 11.2. The monoisotopic (exact) mass is 255 g/mol. The summed E-state index contributed by atoms with van der Waals surface area (Å²) < 4.78 is 6.01. The number of hydrogen-bond donors (Lipinski definition) is 1. The number of ether oxygens (including phenoxy) is 1. The maximum Gasteiger partial charge on any atom is 0.412 e. The number of rotatable bonds is 2. The van der Waals surface area contributed by atoms with Crippen molar-refractivity contribution in [1.29, 1.82) is 0 Å². The lowest BCUT2D eigenvalue weighted by Crippen LogP contribution is -2.28. The maximum absolute atomic E-state index is 11.2. The largest absolute Gasteiger partial charge is 0.412 e. The Labute approximate surface area is 90.6 Å². The van der Waals surface area contributed by atoms with E-state index in [-0.39, 0.29) is 6.09 Å². The summed E-state index contributed by atoms with van der Waals surface area (Å²) in [5.41, 5.74) is 0. The molecule has 1 aliphatic rings. The second kappa shape index (κ2) is 4.00. The molecule has 1 saturated carbocycles. The normalized spacial score (nSPS) is 14.9. The van der Waals surface area contributed by atoms with Gasteiger partial charge in [-0.25, -0.2) is 4.79 Å². The average Bonchev–Trinajstić information content (AvgIpc) is 2.93. The van der Waals surface area contributed by atoms with Crippen molar-refractivity contribution in [1.82, 2.24) is 5.32 Å². The first kappa shape index (κ1) is 9.52. The minimum absolute atomic E-state index is 0.331. The SMILES string of the molecule is O=C(NC1CC1)Oc1ccc(Br)cc1. The first-order valence-electron chi connectivity index (χ1n) is 4.48. The molecule has 0 bridgehead atoms. The highest BCUT2D eigenvalue weighted by Crippen LogP contribution is 2.20. The zero-order valence-electron chi connectivity index (χ0n) is 7.50. The number of nitrogens with one attached hydrogen (secondary N) is 1. The van der Waals surface area contributed by atoms with Crippen molar-refractivity contribution in [2.75, 3.05) is 0 Å². The molecule has 0 aliphatic heterocycles. The second-order valence-electron chi connectivity index (χ2n) is 3.26. The molecule has 0 saturated heterocycles. The van der Waals surface area contributed by atoms with Gasteiger partial charge in [-0.1, -0.05) is 15.9 Å². The number of hydrogen-bond acceptors (Lipinski definition) is 2. The molecule has 14 heavy (non-hydrogen) atoms. The van der Waals surface area contributed by atoms with Crippen molar-refractivity contribution in [3.05, 3.63) is 28.7 Å². The van der Waals surface area contributed by atoms with Gasteiger partial charge in [-0.15, -0.1) is 0 Å². The Kier molecular flexibility index (Phi) is 2.72. The van der Waals surface area contributed by atoms with Crippen molar-refractivity contribution < 1.29 is 9.53 Å². The summed E-state index contributed by atoms with van der Waals surface area (Å²) in [6.45, 7) is 0. The molecule has 1 aliphatic carbocycles. The molecule has 4 heteroatoms. The first-order chi connectivity index (χ1) is 6.74. The van der Waals surface area contributed by atoms with Crippen molar-refractivity contribution in [3.63, 3.8) is 0 Å². The van der Waals surface area contributed by atoms with Gasteiger partial charge >= 0.3 is 6.09 Å². The van der Waals surface area contributed by atoms with E-state index in [4.69, 9.17) is 4.74 Å². The van der Waals surface area contributed by atoms with E-state index in [0.29, 0.717) is 11.8 Å². The van der Waals surface area contributed by atoms with E-state index < -0.39 is 0 Å². The Morgan fingerprint density at radius 2 is 2.00 bits per heavy atom. The molecule has 1 amide bonds. The highest BCUT2D eigenvalue weighted by molar-refractivity contribution is 9.10. The fraction of sp³-hybridized carbons (Fsp3) is 0.300. The molecule has 0 aromatic heterocycles. The quantitative estimate of drug-likeness (QED) is 0.883. The van der Waals surface area contributed by atoms with Crippen LogP contribution in [-0.2, 0) is 0 Å². The van der Waals surface area contributed by atoms with Crippen LogP contribution < -0.4 is 10.1 Å². The van der Waals surface area contributed by atoms with Crippen LogP contribution in [0, 0.1) is 0 Å². The summed E-state index contributed by atoms with van der Waals surface area (Å²) in [5.74, 6) is 0.561. The minimum Gasteiger partial charge on any atom is -0.410 e. The zero-order valence-corrected chi connectivity index (χ0v) is 9.08. The van der Waals surface area contributed by atoms with Crippen molar-refractivity contribution in [2.45, 2.75) is 18.9 Å². The molecule has 0 radical (unpaired) electrons. The van der Waals surface area contributed by atoms with Gasteiger partial charge in [-0.3, -0.25) is 0 Å². The van der Waals surface area contributed by atoms with E-state index in [1.807, 2.05) is 12.1 Å². The van der Waals surface area contributed by atoms with Crippen molar-refractivity contribution >= 4 is 22.0 Å². The Morgan fingerprint density at radius 1 is 1.36 bits per heavy atom. The number of benzene rings is 1. The first-order valence-corrected chi connectivity index (χ1v) is 5.27. The number of amides is 1. The van der Waals surface area contributed by atoms with Crippen LogP contribution in [0.4, 0.5) is 4.79 Å². The van der Waals surface area contributed by atoms with Crippen LogP contribution in [0.15, 0.2) is 28.7 Å². The Balaban J connectivity index is 1.89. The van der Waals surface area contributed by atoms with Crippen LogP contribution in [0.25, 0.3) is 0 Å². The highest BCUT2D eigenvalue weighted by atomic mass is 79.9. The second-order valence-corrected chi connectivity index (χ2v) is 4.18. The Bertz CT molecular complexity index is 332. The summed E-state index contributed by atoms with van der Waals surface area (Å²) >= 11 is 3.31. The van der Waals surface area contributed by atoms with E-state index in [1.54, 1.807) is 12.1 Å². The molecule has 0 unspecified atom stereocenters. The summed E-state index contributed by atoms with van der Waals surface area (Å²) in [6.07, 6.45) is 1.76. The van der Waals surface area contributed by atoms with Crippen molar-refractivity contribution in [2.24, 2.45) is 0 Å². The maximum atomic E-state index is 11.2. The van der Waals surface area contributed by atoms with Crippen LogP contribution in [0.1, 0.15) is 12.8 Å². The zero-order chi connectivity index (χ0) is 9.97. The van der Waals surface area contributed by atoms with Gasteiger partial charge in [-0.05, 0) is 37.1 Å². The van der Waals surface area contributed by atoms with Gasteiger partial charge in [0.2, 0.25) is 0 Å². The number of carbonyl (C=O) groups is 1. The standard InChI is InChI=1S/C10H10BrNO2/c11-7-1-5-9(6-2-7)14-10(13)12-8-3-4-8/h1-2,5-6,8H,3-4H2,(H,12,13). The van der Waals surface area contributed by atoms with E-state index in [9.17, 15) is 4.79 Å². The fourth-order valence-corrected chi connectivity index (χ4v) is 1.30. The predicted molar refractivity (Wildman–Crippen MR) is 56.3 cm³/mol. The van der Waals surface area contributed by atoms with Crippen LogP contribution in [0.2, 0.25) is 0 Å². The van der Waals surface area contributed by atoms with E-state index in [2.05, 4.69) is 21.2 Å². The van der Waals surface area contributed by atoms with Gasteiger partial charge in [0.1, 0.15) is 5.75 Å².